The molecule has 1 atom stereocenters. The molecule has 2 aromatic carbocycles. The molecule has 0 bridgehead atoms. The van der Waals surface area contributed by atoms with Crippen molar-refractivity contribution in [3.8, 4) is 11.5 Å². The van der Waals surface area contributed by atoms with Gasteiger partial charge in [0.2, 0.25) is 0 Å². The summed E-state index contributed by atoms with van der Waals surface area (Å²) in [7, 11) is 4.44. The maximum absolute atomic E-state index is 12.9. The van der Waals surface area contributed by atoms with E-state index < -0.39 is 12.0 Å². The molecule has 2 N–H and O–H groups in total. The van der Waals surface area contributed by atoms with Crippen LogP contribution in [0, 0.1) is 6.92 Å². The van der Waals surface area contributed by atoms with Crippen LogP contribution in [0.4, 0.5) is 10.5 Å². The van der Waals surface area contributed by atoms with Crippen LogP contribution in [0.3, 0.4) is 0 Å². The fraction of sp³-hybridized carbons (Fsp3) is 0.385. The first-order chi connectivity index (χ1) is 16.9. The number of benzene rings is 2. The summed E-state index contributed by atoms with van der Waals surface area (Å²) in [5, 5.41) is 5.70. The van der Waals surface area contributed by atoms with Gasteiger partial charge in [-0.05, 0) is 42.3 Å². The number of nitrogens with zero attached hydrogens (tertiary/aromatic N) is 2. The van der Waals surface area contributed by atoms with Crippen LogP contribution in [-0.4, -0.2) is 71.0 Å². The second-order valence-electron chi connectivity index (χ2n) is 8.63. The van der Waals surface area contributed by atoms with Crippen molar-refractivity contribution in [2.75, 3.05) is 59.0 Å². The van der Waals surface area contributed by atoms with Gasteiger partial charge in [0, 0.05) is 44.1 Å². The molecule has 35 heavy (non-hydrogen) atoms. The monoisotopic (exact) mass is 480 g/mol. The van der Waals surface area contributed by atoms with Crippen LogP contribution >= 0.6 is 0 Å². The van der Waals surface area contributed by atoms with Gasteiger partial charge < -0.3 is 29.7 Å². The van der Waals surface area contributed by atoms with E-state index in [2.05, 4.69) is 51.6 Å². The summed E-state index contributed by atoms with van der Waals surface area (Å²) in [4.78, 5) is 30.1. The molecule has 0 aromatic heterocycles. The first-order valence-corrected chi connectivity index (χ1v) is 11.6. The minimum absolute atomic E-state index is 0.370. The predicted molar refractivity (Wildman–Crippen MR) is 133 cm³/mol. The number of ether oxygens (including phenoxy) is 3. The van der Waals surface area contributed by atoms with Gasteiger partial charge >= 0.3 is 12.0 Å². The Balaban J connectivity index is 1.57. The van der Waals surface area contributed by atoms with Crippen molar-refractivity contribution in [1.82, 2.24) is 15.5 Å². The van der Waals surface area contributed by atoms with Crippen molar-refractivity contribution in [3.05, 3.63) is 64.9 Å². The van der Waals surface area contributed by atoms with Crippen molar-refractivity contribution in [2.45, 2.75) is 13.0 Å². The van der Waals surface area contributed by atoms with Crippen molar-refractivity contribution in [3.63, 3.8) is 0 Å². The summed E-state index contributed by atoms with van der Waals surface area (Å²) >= 11 is 0. The maximum Gasteiger partial charge on any atom is 0.338 e. The quantitative estimate of drug-likeness (QED) is 0.589. The smallest absolute Gasteiger partial charge is 0.338 e. The Labute approximate surface area is 205 Å². The minimum atomic E-state index is -0.681. The number of urea groups is 1. The number of aryl methyl sites for hydroxylation is 1. The van der Waals surface area contributed by atoms with E-state index >= 15 is 0 Å². The first-order valence-electron chi connectivity index (χ1n) is 11.6. The molecule has 186 valence electrons. The van der Waals surface area contributed by atoms with Crippen LogP contribution < -0.4 is 25.0 Å². The summed E-state index contributed by atoms with van der Waals surface area (Å²) in [6.07, 6.45) is 0. The van der Waals surface area contributed by atoms with Gasteiger partial charge in [0.1, 0.15) is 0 Å². The largest absolute Gasteiger partial charge is 0.493 e. The van der Waals surface area contributed by atoms with E-state index in [-0.39, 0.29) is 6.03 Å². The number of hydrogen-bond donors (Lipinski definition) is 2. The van der Waals surface area contributed by atoms with E-state index in [1.807, 2.05) is 0 Å². The zero-order valence-electron chi connectivity index (χ0n) is 20.6. The fourth-order valence-electron chi connectivity index (χ4n) is 4.59. The normalized spacial score (nSPS) is 18.6. The lowest BCUT2D eigenvalue weighted by Crippen LogP contribution is -2.51. The summed E-state index contributed by atoms with van der Waals surface area (Å²) in [5.41, 5.74) is 4.06. The van der Waals surface area contributed by atoms with Gasteiger partial charge in [-0.25, -0.2) is 9.59 Å². The molecule has 0 radical (unpaired) electrons. The van der Waals surface area contributed by atoms with Gasteiger partial charge in [-0.15, -0.1) is 0 Å². The SMILES string of the molecule is COC(=O)C1=C(CN2CCN(c3cccc(C)c3)CC2)NC(=O)NC1c1ccc(OC)c(OC)c1. The number of amides is 2. The molecule has 4 rings (SSSR count). The number of methoxy groups -OCH3 is 3. The van der Waals surface area contributed by atoms with E-state index in [0.29, 0.717) is 34.9 Å². The zero-order chi connectivity index (χ0) is 24.9. The Morgan fingerprint density at radius 3 is 2.40 bits per heavy atom. The van der Waals surface area contributed by atoms with E-state index in [4.69, 9.17) is 14.2 Å². The number of nitrogens with one attached hydrogen (secondary N) is 2. The molecule has 2 amide bonds. The fourth-order valence-corrected chi connectivity index (χ4v) is 4.59. The molecule has 0 aliphatic carbocycles. The van der Waals surface area contributed by atoms with Gasteiger partial charge in [-0.1, -0.05) is 18.2 Å². The highest BCUT2D eigenvalue weighted by Gasteiger charge is 2.35. The standard InChI is InChI=1S/C26H32N4O5/c1-17-6-5-7-19(14-17)30-12-10-29(11-13-30)16-20-23(25(31)35-4)24(28-26(32)27-20)18-8-9-21(33-2)22(15-18)34-3/h5-9,14-15,24H,10-13,16H2,1-4H3,(H2,27,28,32). The minimum Gasteiger partial charge on any atom is -0.493 e. The van der Waals surface area contributed by atoms with Crippen LogP contribution in [-0.2, 0) is 9.53 Å². The summed E-state index contributed by atoms with van der Waals surface area (Å²) in [6.45, 7) is 5.84. The molecule has 9 nitrogen and oxygen atoms in total. The van der Waals surface area contributed by atoms with E-state index in [0.717, 1.165) is 26.2 Å². The third kappa shape index (κ3) is 5.35. The molecule has 2 aliphatic rings. The van der Waals surface area contributed by atoms with Gasteiger partial charge in [-0.3, -0.25) is 4.90 Å². The summed E-state index contributed by atoms with van der Waals surface area (Å²) < 4.78 is 15.9. The van der Waals surface area contributed by atoms with E-state index in [1.54, 1.807) is 32.4 Å². The molecule has 2 aromatic rings. The second-order valence-corrected chi connectivity index (χ2v) is 8.63. The van der Waals surface area contributed by atoms with E-state index in [9.17, 15) is 9.59 Å². The van der Waals surface area contributed by atoms with Gasteiger partial charge in [-0.2, -0.15) is 0 Å². The molecule has 0 saturated carbocycles. The number of carbonyl (C=O) groups is 2. The molecule has 9 heteroatoms. The highest BCUT2D eigenvalue weighted by molar-refractivity contribution is 5.95. The van der Waals surface area contributed by atoms with Crippen molar-refractivity contribution in [1.29, 1.82) is 0 Å². The average Bonchev–Trinajstić information content (AvgIpc) is 2.88. The Hall–Kier alpha value is -3.72. The van der Waals surface area contributed by atoms with Crippen LogP contribution in [0.15, 0.2) is 53.7 Å². The lowest BCUT2D eigenvalue weighted by Gasteiger charge is -2.38. The van der Waals surface area contributed by atoms with Crippen LogP contribution in [0.25, 0.3) is 0 Å². The molecule has 2 heterocycles. The maximum atomic E-state index is 12.9. The highest BCUT2D eigenvalue weighted by Crippen LogP contribution is 2.34. The lowest BCUT2D eigenvalue weighted by atomic mass is 9.94. The third-order valence-corrected chi connectivity index (χ3v) is 6.42. The molecule has 1 unspecified atom stereocenters. The Kier molecular flexibility index (Phi) is 7.45. The average molecular weight is 481 g/mol. The number of anilines is 1. The first kappa shape index (κ1) is 24.4. The number of esters is 1. The lowest BCUT2D eigenvalue weighted by molar-refractivity contribution is -0.136. The number of carbonyl (C=O) groups excluding carboxylic acids is 2. The number of rotatable bonds is 7. The van der Waals surface area contributed by atoms with Crippen molar-refractivity contribution >= 4 is 17.7 Å². The van der Waals surface area contributed by atoms with Gasteiger partial charge in [0.25, 0.3) is 0 Å². The molecule has 1 fully saturated rings. The summed E-state index contributed by atoms with van der Waals surface area (Å²) in [6, 6.07) is 12.7. The van der Waals surface area contributed by atoms with Gasteiger partial charge in [0.15, 0.2) is 11.5 Å². The third-order valence-electron chi connectivity index (χ3n) is 6.42. The van der Waals surface area contributed by atoms with Gasteiger partial charge in [0.05, 0.1) is 32.9 Å². The molecule has 2 aliphatic heterocycles. The second kappa shape index (κ2) is 10.7. The Morgan fingerprint density at radius 2 is 1.74 bits per heavy atom. The van der Waals surface area contributed by atoms with Crippen molar-refractivity contribution < 1.29 is 23.8 Å². The molecular formula is C26H32N4O5. The van der Waals surface area contributed by atoms with E-state index in [1.165, 1.54) is 18.4 Å². The highest BCUT2D eigenvalue weighted by atomic mass is 16.5. The zero-order valence-corrected chi connectivity index (χ0v) is 20.6. The molecular weight excluding hydrogens is 448 g/mol. The van der Waals surface area contributed by atoms with Crippen molar-refractivity contribution in [2.24, 2.45) is 0 Å². The van der Waals surface area contributed by atoms with Crippen LogP contribution in [0.1, 0.15) is 17.2 Å². The van der Waals surface area contributed by atoms with Crippen LogP contribution in [0.2, 0.25) is 0 Å². The topological polar surface area (TPSA) is 92.4 Å². The summed E-state index contributed by atoms with van der Waals surface area (Å²) in [5.74, 6) is 0.577. The van der Waals surface area contributed by atoms with Crippen LogP contribution in [0.5, 0.6) is 11.5 Å². The Bertz CT molecular complexity index is 1120. The molecule has 1 saturated heterocycles. The molecule has 0 spiro atoms. The Morgan fingerprint density at radius 1 is 1.00 bits per heavy atom. The predicted octanol–water partition coefficient (Wildman–Crippen LogP) is 2.62. The number of piperazine rings is 1. The number of hydrogen-bond acceptors (Lipinski definition) is 7.